The third-order valence-electron chi connectivity index (χ3n) is 3.63. The Balaban J connectivity index is 1.86. The first-order valence-electron chi connectivity index (χ1n) is 7.16. The minimum absolute atomic E-state index is 0.141. The van der Waals surface area contributed by atoms with Gasteiger partial charge in [0, 0.05) is 24.3 Å². The van der Waals surface area contributed by atoms with Gasteiger partial charge in [-0.05, 0) is 18.4 Å². The zero-order chi connectivity index (χ0) is 13.7. The van der Waals surface area contributed by atoms with Crippen molar-refractivity contribution < 1.29 is 9.13 Å². The van der Waals surface area contributed by atoms with E-state index in [4.69, 9.17) is 4.74 Å². The number of ether oxygens (including phenoxy) is 1. The van der Waals surface area contributed by atoms with Gasteiger partial charge in [0.15, 0.2) is 5.82 Å². The number of nitrogens with one attached hydrogen (secondary N) is 1. The second-order valence-corrected chi connectivity index (χ2v) is 5.56. The number of pyridine rings is 1. The van der Waals surface area contributed by atoms with Gasteiger partial charge in [-0.3, -0.25) is 0 Å². The average molecular weight is 266 g/mol. The van der Waals surface area contributed by atoms with E-state index in [0.717, 1.165) is 12.3 Å². The third-order valence-corrected chi connectivity index (χ3v) is 3.63. The Morgan fingerprint density at radius 3 is 2.89 bits per heavy atom. The maximum atomic E-state index is 14.1. The quantitative estimate of drug-likeness (QED) is 0.822. The number of hydrogen-bond acceptors (Lipinski definition) is 3. The second kappa shape index (κ2) is 6.85. The van der Waals surface area contributed by atoms with Gasteiger partial charge in [-0.2, -0.15) is 0 Å². The molecule has 1 aromatic heterocycles. The summed E-state index contributed by atoms with van der Waals surface area (Å²) in [5, 5.41) is 3.20. The van der Waals surface area contributed by atoms with E-state index in [1.165, 1.54) is 19.3 Å². The molecule has 1 saturated carbocycles. The van der Waals surface area contributed by atoms with Crippen molar-refractivity contribution >= 4 is 0 Å². The molecule has 1 aliphatic rings. The van der Waals surface area contributed by atoms with E-state index in [2.05, 4.69) is 10.3 Å². The van der Waals surface area contributed by atoms with Crippen LogP contribution in [0.15, 0.2) is 12.3 Å². The molecule has 4 heteroatoms. The maximum absolute atomic E-state index is 14.1. The first-order valence-corrected chi connectivity index (χ1v) is 7.16. The fourth-order valence-electron chi connectivity index (χ4n) is 2.12. The van der Waals surface area contributed by atoms with E-state index in [-0.39, 0.29) is 11.7 Å². The van der Waals surface area contributed by atoms with Crippen LogP contribution >= 0.6 is 0 Å². The van der Waals surface area contributed by atoms with Crippen LogP contribution in [0.25, 0.3) is 0 Å². The largest absolute Gasteiger partial charge is 0.476 e. The average Bonchev–Trinajstić information content (AvgIpc) is 2.32. The molecule has 1 aliphatic carbocycles. The number of hydrogen-bond donors (Lipinski definition) is 1. The van der Waals surface area contributed by atoms with Gasteiger partial charge in [0.1, 0.15) is 0 Å². The normalized spacial score (nSPS) is 15.6. The number of halogens is 1. The molecule has 0 spiro atoms. The summed E-state index contributed by atoms with van der Waals surface area (Å²) in [5.74, 6) is 0.584. The van der Waals surface area contributed by atoms with Gasteiger partial charge < -0.3 is 10.1 Å². The Morgan fingerprint density at radius 2 is 2.26 bits per heavy atom. The van der Waals surface area contributed by atoms with Crippen molar-refractivity contribution in [2.24, 2.45) is 5.92 Å². The van der Waals surface area contributed by atoms with Crippen LogP contribution in [-0.4, -0.2) is 17.6 Å². The van der Waals surface area contributed by atoms with E-state index >= 15 is 0 Å². The Hall–Kier alpha value is -1.16. The molecule has 0 aromatic carbocycles. The molecule has 1 fully saturated rings. The maximum Gasteiger partial charge on any atom is 0.250 e. The summed E-state index contributed by atoms with van der Waals surface area (Å²) < 4.78 is 19.6. The SMILES string of the molecule is CC(C)NCc1ccnc(OCCC2CCC2)c1F. The van der Waals surface area contributed by atoms with Crippen LogP contribution in [0.3, 0.4) is 0 Å². The van der Waals surface area contributed by atoms with Gasteiger partial charge in [-0.15, -0.1) is 0 Å². The summed E-state index contributed by atoms with van der Waals surface area (Å²) in [6.07, 6.45) is 6.53. The second-order valence-electron chi connectivity index (χ2n) is 5.56. The molecule has 1 aromatic rings. The number of nitrogens with zero attached hydrogens (tertiary/aromatic N) is 1. The highest BCUT2D eigenvalue weighted by atomic mass is 19.1. The standard InChI is InChI=1S/C15H23FN2O/c1-11(2)18-10-13-6-8-17-15(14(13)16)19-9-7-12-4-3-5-12/h6,8,11-12,18H,3-5,7,9-10H2,1-2H3. The molecule has 0 aliphatic heterocycles. The van der Waals surface area contributed by atoms with Gasteiger partial charge in [0.25, 0.3) is 5.88 Å². The Morgan fingerprint density at radius 1 is 1.47 bits per heavy atom. The van der Waals surface area contributed by atoms with Crippen molar-refractivity contribution in [1.29, 1.82) is 0 Å². The number of rotatable bonds is 7. The molecule has 2 rings (SSSR count). The number of aromatic nitrogens is 1. The third kappa shape index (κ3) is 4.16. The van der Waals surface area contributed by atoms with E-state index in [0.29, 0.717) is 24.8 Å². The Kier molecular flexibility index (Phi) is 5.14. The molecule has 1 heterocycles. The van der Waals surface area contributed by atoms with Crippen molar-refractivity contribution in [3.8, 4) is 5.88 Å². The molecular formula is C15H23FN2O. The van der Waals surface area contributed by atoms with Crippen LogP contribution in [0.2, 0.25) is 0 Å². The first-order chi connectivity index (χ1) is 9.16. The van der Waals surface area contributed by atoms with Crippen molar-refractivity contribution in [2.45, 2.75) is 52.1 Å². The molecule has 0 unspecified atom stereocenters. The molecular weight excluding hydrogens is 243 g/mol. The molecule has 106 valence electrons. The van der Waals surface area contributed by atoms with Crippen molar-refractivity contribution in [3.63, 3.8) is 0 Å². The first kappa shape index (κ1) is 14.3. The molecule has 0 amide bonds. The van der Waals surface area contributed by atoms with Crippen LogP contribution in [0.4, 0.5) is 4.39 Å². The summed E-state index contributed by atoms with van der Waals surface area (Å²) in [6, 6.07) is 2.03. The van der Waals surface area contributed by atoms with Crippen molar-refractivity contribution in [1.82, 2.24) is 10.3 Å². The van der Waals surface area contributed by atoms with Crippen LogP contribution in [0.5, 0.6) is 5.88 Å². The zero-order valence-electron chi connectivity index (χ0n) is 11.8. The summed E-state index contributed by atoms with van der Waals surface area (Å²) in [7, 11) is 0. The van der Waals surface area contributed by atoms with E-state index in [1.54, 1.807) is 12.3 Å². The van der Waals surface area contributed by atoms with E-state index in [1.807, 2.05) is 13.8 Å². The van der Waals surface area contributed by atoms with Crippen LogP contribution in [0, 0.1) is 11.7 Å². The monoisotopic (exact) mass is 266 g/mol. The molecule has 0 bridgehead atoms. The molecule has 3 nitrogen and oxygen atoms in total. The highest BCUT2D eigenvalue weighted by Gasteiger charge is 2.18. The van der Waals surface area contributed by atoms with Gasteiger partial charge in [0.2, 0.25) is 0 Å². The molecule has 0 saturated heterocycles. The fourth-order valence-corrected chi connectivity index (χ4v) is 2.12. The van der Waals surface area contributed by atoms with Crippen LogP contribution in [0.1, 0.15) is 45.1 Å². The van der Waals surface area contributed by atoms with Crippen molar-refractivity contribution in [2.75, 3.05) is 6.61 Å². The highest BCUT2D eigenvalue weighted by molar-refractivity contribution is 5.23. The lowest BCUT2D eigenvalue weighted by Crippen LogP contribution is -2.22. The summed E-state index contributed by atoms with van der Waals surface area (Å²) >= 11 is 0. The molecule has 19 heavy (non-hydrogen) atoms. The summed E-state index contributed by atoms with van der Waals surface area (Å²) in [4.78, 5) is 3.98. The van der Waals surface area contributed by atoms with Gasteiger partial charge in [0.05, 0.1) is 6.61 Å². The van der Waals surface area contributed by atoms with Crippen LogP contribution < -0.4 is 10.1 Å². The minimum atomic E-state index is -0.329. The lowest BCUT2D eigenvalue weighted by Gasteiger charge is -2.24. The predicted molar refractivity (Wildman–Crippen MR) is 73.6 cm³/mol. The highest BCUT2D eigenvalue weighted by Crippen LogP contribution is 2.29. The minimum Gasteiger partial charge on any atom is -0.476 e. The molecule has 0 atom stereocenters. The molecule has 0 radical (unpaired) electrons. The van der Waals surface area contributed by atoms with Gasteiger partial charge in [-0.25, -0.2) is 9.37 Å². The smallest absolute Gasteiger partial charge is 0.250 e. The lowest BCUT2D eigenvalue weighted by molar-refractivity contribution is 0.211. The molecule has 1 N–H and O–H groups in total. The Labute approximate surface area is 114 Å². The topological polar surface area (TPSA) is 34.2 Å². The summed E-state index contributed by atoms with van der Waals surface area (Å²) in [5.41, 5.74) is 0.613. The van der Waals surface area contributed by atoms with E-state index < -0.39 is 0 Å². The van der Waals surface area contributed by atoms with Crippen molar-refractivity contribution in [3.05, 3.63) is 23.6 Å². The van der Waals surface area contributed by atoms with Gasteiger partial charge >= 0.3 is 0 Å². The lowest BCUT2D eigenvalue weighted by atomic mass is 9.83. The zero-order valence-corrected chi connectivity index (χ0v) is 11.8. The Bertz CT molecular complexity index is 405. The summed E-state index contributed by atoms with van der Waals surface area (Å²) in [6.45, 7) is 5.14. The fraction of sp³-hybridized carbons (Fsp3) is 0.667. The van der Waals surface area contributed by atoms with Gasteiger partial charge in [-0.1, -0.05) is 33.1 Å². The van der Waals surface area contributed by atoms with E-state index in [9.17, 15) is 4.39 Å². The van der Waals surface area contributed by atoms with Crippen LogP contribution in [-0.2, 0) is 6.54 Å². The predicted octanol–water partition coefficient (Wildman–Crippen LogP) is 3.29.